The van der Waals surface area contributed by atoms with Crippen LogP contribution in [0.25, 0.3) is 0 Å². The van der Waals surface area contributed by atoms with E-state index in [9.17, 15) is 8.42 Å². The number of hydrogen-bond donors (Lipinski definition) is 1. The quantitative estimate of drug-likeness (QED) is 0.659. The van der Waals surface area contributed by atoms with E-state index in [1.54, 1.807) is 0 Å². The molecule has 0 heterocycles. The third kappa shape index (κ3) is 2.46. The first-order valence-corrected chi connectivity index (χ1v) is 5.56. The minimum absolute atomic E-state index is 0.0541. The van der Waals surface area contributed by atoms with Gasteiger partial charge in [-0.2, -0.15) is 0 Å². The third-order valence-corrected chi connectivity index (χ3v) is 2.76. The molecule has 0 amide bonds. The fraction of sp³-hybridized carbons (Fsp3) is 0.500. The van der Waals surface area contributed by atoms with E-state index in [0.717, 1.165) is 0 Å². The second kappa shape index (κ2) is 3.41. The molecule has 1 rings (SSSR count). The second-order valence-corrected chi connectivity index (χ2v) is 4.64. The van der Waals surface area contributed by atoms with E-state index in [1.165, 1.54) is 0 Å². The number of sulfonamides is 1. The van der Waals surface area contributed by atoms with Gasteiger partial charge in [-0.15, -0.1) is 0 Å². The van der Waals surface area contributed by atoms with Gasteiger partial charge >= 0.3 is 0 Å². The van der Waals surface area contributed by atoms with Crippen LogP contribution in [0.2, 0.25) is 0 Å². The van der Waals surface area contributed by atoms with Crippen LogP contribution < -0.4 is 5.14 Å². The van der Waals surface area contributed by atoms with Crippen LogP contribution >= 0.6 is 0 Å². The zero-order chi connectivity index (χ0) is 9.19. The van der Waals surface area contributed by atoms with Crippen LogP contribution in [0.3, 0.4) is 0 Å². The van der Waals surface area contributed by atoms with Crippen molar-refractivity contribution in [1.29, 1.82) is 0 Å². The predicted octanol–water partition coefficient (Wildman–Crippen LogP) is 0.653. The number of nitrogens with two attached hydrogens (primary N) is 1. The lowest BCUT2D eigenvalue weighted by Gasteiger charge is -2.25. The molecule has 1 aliphatic carbocycles. The van der Waals surface area contributed by atoms with Crippen molar-refractivity contribution in [2.45, 2.75) is 6.92 Å². The molecule has 0 radical (unpaired) electrons. The van der Waals surface area contributed by atoms with Gasteiger partial charge in [0.1, 0.15) is 0 Å². The maximum atomic E-state index is 10.7. The van der Waals surface area contributed by atoms with E-state index in [2.05, 4.69) is 0 Å². The molecule has 12 heavy (non-hydrogen) atoms. The fourth-order valence-corrected chi connectivity index (χ4v) is 2.13. The summed E-state index contributed by atoms with van der Waals surface area (Å²) < 4.78 is 21.4. The van der Waals surface area contributed by atoms with E-state index in [4.69, 9.17) is 5.14 Å². The third-order valence-electron chi connectivity index (χ3n) is 1.91. The highest BCUT2D eigenvalue weighted by Crippen LogP contribution is 2.27. The Morgan fingerprint density at radius 1 is 1.50 bits per heavy atom. The smallest absolute Gasteiger partial charge is 0.209 e. The highest BCUT2D eigenvalue weighted by molar-refractivity contribution is 7.89. The molecule has 68 valence electrons. The molecule has 2 N–H and O–H groups in total. The zero-order valence-electron chi connectivity index (χ0n) is 6.97. The topological polar surface area (TPSA) is 60.2 Å². The van der Waals surface area contributed by atoms with Crippen LogP contribution in [0.15, 0.2) is 24.3 Å². The average molecular weight is 187 g/mol. The minimum atomic E-state index is -3.32. The lowest BCUT2D eigenvalue weighted by atomic mass is 9.83. The van der Waals surface area contributed by atoms with Crippen molar-refractivity contribution in [3.05, 3.63) is 24.3 Å². The summed E-state index contributed by atoms with van der Waals surface area (Å²) in [6, 6.07) is 0. The van der Waals surface area contributed by atoms with Gasteiger partial charge in [-0.25, -0.2) is 13.6 Å². The predicted molar refractivity (Wildman–Crippen MR) is 48.9 cm³/mol. The number of hydrogen-bond acceptors (Lipinski definition) is 2. The SMILES string of the molecule is C/C=C/[C@@H]1C=C[C@@H]1CS(N)(=O)=O. The van der Waals surface area contributed by atoms with Crippen LogP contribution in [0.4, 0.5) is 0 Å². The van der Waals surface area contributed by atoms with Gasteiger partial charge in [0, 0.05) is 11.8 Å². The molecule has 0 aromatic carbocycles. The van der Waals surface area contributed by atoms with Gasteiger partial charge in [0.15, 0.2) is 0 Å². The van der Waals surface area contributed by atoms with Crippen molar-refractivity contribution >= 4 is 10.0 Å². The molecule has 0 saturated heterocycles. The molecule has 0 unspecified atom stereocenters. The molecule has 0 saturated carbocycles. The molecule has 2 atom stereocenters. The molecule has 0 spiro atoms. The summed E-state index contributed by atoms with van der Waals surface area (Å²) in [6.07, 6.45) is 7.77. The molecule has 0 bridgehead atoms. The maximum absolute atomic E-state index is 10.7. The van der Waals surface area contributed by atoms with Crippen molar-refractivity contribution in [3.63, 3.8) is 0 Å². The van der Waals surface area contributed by atoms with Crippen molar-refractivity contribution in [2.24, 2.45) is 17.0 Å². The van der Waals surface area contributed by atoms with Gasteiger partial charge in [-0.3, -0.25) is 0 Å². The largest absolute Gasteiger partial charge is 0.229 e. The van der Waals surface area contributed by atoms with Crippen molar-refractivity contribution in [1.82, 2.24) is 0 Å². The highest BCUT2D eigenvalue weighted by atomic mass is 32.2. The Balaban J connectivity index is 2.53. The molecule has 0 fully saturated rings. The summed E-state index contributed by atoms with van der Waals surface area (Å²) in [5.41, 5.74) is 0. The summed E-state index contributed by atoms with van der Waals surface area (Å²) in [7, 11) is -3.32. The van der Waals surface area contributed by atoms with Gasteiger partial charge in [0.05, 0.1) is 5.75 Å². The van der Waals surface area contributed by atoms with Crippen LogP contribution in [0.5, 0.6) is 0 Å². The van der Waals surface area contributed by atoms with Gasteiger partial charge in [0.2, 0.25) is 10.0 Å². The van der Waals surface area contributed by atoms with Gasteiger partial charge in [-0.1, -0.05) is 24.3 Å². The second-order valence-electron chi connectivity index (χ2n) is 2.98. The molecular formula is C8H13NO2S. The molecule has 3 nitrogen and oxygen atoms in total. The Labute approximate surface area is 73.0 Å². The molecule has 4 heteroatoms. The maximum Gasteiger partial charge on any atom is 0.209 e. The van der Waals surface area contributed by atoms with Gasteiger partial charge in [-0.05, 0) is 6.92 Å². The summed E-state index contributed by atoms with van der Waals surface area (Å²) in [6.45, 7) is 1.92. The van der Waals surface area contributed by atoms with Gasteiger partial charge < -0.3 is 0 Å². The standard InChI is InChI=1S/C8H13NO2S/c1-2-3-7-4-5-8(7)6-12(9,10)11/h2-5,7-8H,6H2,1H3,(H2,9,10,11)/b3-2+/t7-,8-/m1/s1. The van der Waals surface area contributed by atoms with E-state index >= 15 is 0 Å². The van der Waals surface area contributed by atoms with Crippen LogP contribution in [-0.2, 0) is 10.0 Å². The van der Waals surface area contributed by atoms with Crippen LogP contribution in [-0.4, -0.2) is 14.2 Å². The van der Waals surface area contributed by atoms with E-state index < -0.39 is 10.0 Å². The summed E-state index contributed by atoms with van der Waals surface area (Å²) in [4.78, 5) is 0. The van der Waals surface area contributed by atoms with E-state index in [-0.39, 0.29) is 17.6 Å². The van der Waals surface area contributed by atoms with Crippen molar-refractivity contribution < 1.29 is 8.42 Å². The summed E-state index contributed by atoms with van der Waals surface area (Å²) >= 11 is 0. The first kappa shape index (κ1) is 9.48. The number of allylic oxidation sites excluding steroid dienone is 4. The molecule has 0 aliphatic heterocycles. The van der Waals surface area contributed by atoms with Crippen molar-refractivity contribution in [3.8, 4) is 0 Å². The summed E-state index contributed by atoms with van der Waals surface area (Å²) in [5.74, 6) is 0.392. The Hall–Kier alpha value is -0.610. The number of primary sulfonamides is 1. The minimum Gasteiger partial charge on any atom is -0.229 e. The lowest BCUT2D eigenvalue weighted by Crippen LogP contribution is -2.29. The molecular weight excluding hydrogens is 174 g/mol. The van der Waals surface area contributed by atoms with Crippen molar-refractivity contribution in [2.75, 3.05) is 5.75 Å². The number of rotatable bonds is 3. The Bertz CT molecular complexity index is 303. The van der Waals surface area contributed by atoms with Crippen LogP contribution in [0, 0.1) is 11.8 Å². The normalized spacial score (nSPS) is 29.2. The first-order valence-electron chi connectivity index (χ1n) is 3.84. The van der Waals surface area contributed by atoms with Gasteiger partial charge in [0.25, 0.3) is 0 Å². The monoisotopic (exact) mass is 187 g/mol. The Morgan fingerprint density at radius 3 is 2.50 bits per heavy atom. The molecule has 1 aliphatic rings. The lowest BCUT2D eigenvalue weighted by molar-refractivity contribution is 0.530. The first-order chi connectivity index (χ1) is 5.53. The molecule has 0 aromatic heterocycles. The highest BCUT2D eigenvalue weighted by Gasteiger charge is 2.25. The Kier molecular flexibility index (Phi) is 2.69. The molecule has 0 aromatic rings. The summed E-state index contributed by atoms with van der Waals surface area (Å²) in [5, 5.41) is 4.92. The average Bonchev–Trinajstić information content (AvgIpc) is 1.92. The Morgan fingerprint density at radius 2 is 2.17 bits per heavy atom. The van der Waals surface area contributed by atoms with E-state index in [1.807, 2.05) is 31.2 Å². The fourth-order valence-electron chi connectivity index (χ4n) is 1.26. The zero-order valence-corrected chi connectivity index (χ0v) is 7.79. The van der Waals surface area contributed by atoms with E-state index in [0.29, 0.717) is 0 Å². The van der Waals surface area contributed by atoms with Crippen LogP contribution in [0.1, 0.15) is 6.92 Å².